The van der Waals surface area contributed by atoms with Crippen LogP contribution < -0.4 is 15.0 Å². The van der Waals surface area contributed by atoms with Gasteiger partial charge in [-0.2, -0.15) is 9.78 Å². The number of hydrogen-bond donors (Lipinski definition) is 0. The number of rotatable bonds is 6. The van der Waals surface area contributed by atoms with Crippen molar-refractivity contribution in [3.8, 4) is 11.5 Å². The molecule has 0 aliphatic rings. The molecule has 0 radical (unpaired) electrons. The zero-order chi connectivity index (χ0) is 21.8. The fourth-order valence-corrected chi connectivity index (χ4v) is 3.98. The number of carbonyl (C=O) groups excluding carboxylic acids is 1. The van der Waals surface area contributed by atoms with E-state index in [0.29, 0.717) is 43.8 Å². The molecule has 0 N–H and O–H groups in total. The highest BCUT2D eigenvalue weighted by Crippen LogP contribution is 2.33. The first kappa shape index (κ1) is 22.4. The summed E-state index contributed by atoms with van der Waals surface area (Å²) in [5, 5.41) is 4.90. The average Bonchev–Trinajstić information content (AvgIpc) is 2.70. The van der Waals surface area contributed by atoms with Crippen LogP contribution in [-0.2, 0) is 11.2 Å². The molecule has 0 aliphatic carbocycles. The van der Waals surface area contributed by atoms with Crippen molar-refractivity contribution >= 4 is 61.6 Å². The van der Waals surface area contributed by atoms with E-state index in [2.05, 4.69) is 48.6 Å². The zero-order valence-corrected chi connectivity index (χ0v) is 20.4. The molecule has 0 amide bonds. The van der Waals surface area contributed by atoms with E-state index in [-0.39, 0.29) is 5.56 Å². The quantitative estimate of drug-likeness (QED) is 0.184. The van der Waals surface area contributed by atoms with Crippen LogP contribution in [0.4, 0.5) is 0 Å². The monoisotopic (exact) mass is 583 g/mol. The lowest BCUT2D eigenvalue weighted by Crippen LogP contribution is -2.22. The first-order chi connectivity index (χ1) is 14.3. The minimum Gasteiger partial charge on any atom is -0.493 e. The first-order valence-electron chi connectivity index (χ1n) is 9.15. The van der Waals surface area contributed by atoms with Gasteiger partial charge in [0.15, 0.2) is 11.5 Å². The summed E-state index contributed by atoms with van der Waals surface area (Å²) in [7, 11) is 1.49. The van der Waals surface area contributed by atoms with Crippen molar-refractivity contribution in [1.82, 2.24) is 9.66 Å². The average molecular weight is 584 g/mol. The normalized spacial score (nSPS) is 11.2. The topological polar surface area (TPSA) is 82.8 Å². The summed E-state index contributed by atoms with van der Waals surface area (Å²) in [4.78, 5) is 29.0. The van der Waals surface area contributed by atoms with Crippen molar-refractivity contribution in [1.29, 1.82) is 0 Å². The van der Waals surface area contributed by atoms with Gasteiger partial charge in [0.25, 0.3) is 5.56 Å². The van der Waals surface area contributed by atoms with E-state index in [4.69, 9.17) is 9.47 Å². The van der Waals surface area contributed by atoms with Crippen molar-refractivity contribution in [2.45, 2.75) is 26.7 Å². The SMILES string of the molecule is CCCc1nc2ccc(Br)cc2c(=O)n1N=Cc1cc(I)c(OC(C)=O)c(OC)c1. The molecule has 0 fully saturated rings. The van der Waals surface area contributed by atoms with Gasteiger partial charge in [-0.15, -0.1) is 0 Å². The van der Waals surface area contributed by atoms with Gasteiger partial charge in [-0.05, 0) is 64.9 Å². The van der Waals surface area contributed by atoms with Crippen LogP contribution in [-0.4, -0.2) is 29.0 Å². The molecule has 0 saturated heterocycles. The smallest absolute Gasteiger partial charge is 0.308 e. The van der Waals surface area contributed by atoms with Gasteiger partial charge in [-0.3, -0.25) is 9.59 Å². The summed E-state index contributed by atoms with van der Waals surface area (Å²) in [6, 6.07) is 8.90. The molecule has 9 heteroatoms. The molecular formula is C21H19BrIN3O4. The minimum atomic E-state index is -0.434. The van der Waals surface area contributed by atoms with Gasteiger partial charge in [0.1, 0.15) is 5.82 Å². The van der Waals surface area contributed by atoms with Crippen molar-refractivity contribution in [2.24, 2.45) is 5.10 Å². The standard InChI is InChI=1S/C21H19BrIN3O4/c1-4-5-19-25-17-7-6-14(22)10-15(17)21(28)26(19)24-11-13-8-16(23)20(30-12(2)27)18(9-13)29-3/h6-11H,4-5H2,1-3H3. The molecule has 0 unspecified atom stereocenters. The summed E-state index contributed by atoms with van der Waals surface area (Å²) < 4.78 is 13.4. The Hall–Kier alpha value is -2.27. The Kier molecular flexibility index (Phi) is 7.24. The molecule has 3 rings (SSSR count). The highest BCUT2D eigenvalue weighted by molar-refractivity contribution is 14.1. The molecule has 0 atom stereocenters. The van der Waals surface area contributed by atoms with Crippen LogP contribution in [0.15, 0.2) is 44.7 Å². The van der Waals surface area contributed by atoms with E-state index in [9.17, 15) is 9.59 Å². The molecule has 156 valence electrons. The van der Waals surface area contributed by atoms with Crippen LogP contribution in [0.3, 0.4) is 0 Å². The molecule has 1 heterocycles. The van der Waals surface area contributed by atoms with E-state index in [1.165, 1.54) is 18.7 Å². The van der Waals surface area contributed by atoms with Gasteiger partial charge in [0.2, 0.25) is 0 Å². The highest BCUT2D eigenvalue weighted by Gasteiger charge is 2.14. The molecule has 0 aliphatic heterocycles. The Morgan fingerprint density at radius 1 is 1.33 bits per heavy atom. The number of carbonyl (C=O) groups is 1. The molecular weight excluding hydrogens is 565 g/mol. The Morgan fingerprint density at radius 3 is 2.77 bits per heavy atom. The number of nitrogens with zero attached hydrogens (tertiary/aromatic N) is 3. The largest absolute Gasteiger partial charge is 0.493 e. The molecule has 7 nitrogen and oxygen atoms in total. The third-order valence-corrected chi connectivity index (χ3v) is 5.46. The number of aromatic nitrogens is 2. The Labute approximate surface area is 195 Å². The molecule has 3 aromatic rings. The fraction of sp³-hybridized carbons (Fsp3) is 0.238. The van der Waals surface area contributed by atoms with Crippen molar-refractivity contribution in [3.63, 3.8) is 0 Å². The first-order valence-corrected chi connectivity index (χ1v) is 11.0. The number of hydrogen-bond acceptors (Lipinski definition) is 6. The number of halogens is 2. The molecule has 0 saturated carbocycles. The van der Waals surface area contributed by atoms with Crippen molar-refractivity contribution in [3.05, 3.63) is 60.1 Å². The van der Waals surface area contributed by atoms with Crippen LogP contribution in [0.1, 0.15) is 31.7 Å². The number of benzene rings is 2. The second-order valence-corrected chi connectivity index (χ2v) is 8.51. The van der Waals surface area contributed by atoms with Gasteiger partial charge in [0, 0.05) is 17.8 Å². The van der Waals surface area contributed by atoms with E-state index >= 15 is 0 Å². The van der Waals surface area contributed by atoms with E-state index < -0.39 is 5.97 Å². The Balaban J connectivity index is 2.10. The van der Waals surface area contributed by atoms with E-state index in [0.717, 1.165) is 10.9 Å². The van der Waals surface area contributed by atoms with Crippen LogP contribution in [0.5, 0.6) is 11.5 Å². The predicted octanol–water partition coefficient (Wildman–Crippen LogP) is 4.53. The van der Waals surface area contributed by atoms with E-state index in [1.54, 1.807) is 24.4 Å². The maximum absolute atomic E-state index is 13.1. The van der Waals surface area contributed by atoms with Crippen LogP contribution in [0, 0.1) is 3.57 Å². The zero-order valence-electron chi connectivity index (χ0n) is 16.6. The Bertz CT molecular complexity index is 1210. The third kappa shape index (κ3) is 4.89. The lowest BCUT2D eigenvalue weighted by atomic mass is 10.2. The summed E-state index contributed by atoms with van der Waals surface area (Å²) in [6.07, 6.45) is 3.01. The van der Waals surface area contributed by atoms with E-state index in [1.807, 2.05) is 19.1 Å². The van der Waals surface area contributed by atoms with Gasteiger partial charge >= 0.3 is 5.97 Å². The molecule has 1 aromatic heterocycles. The minimum absolute atomic E-state index is 0.237. The Morgan fingerprint density at radius 2 is 2.10 bits per heavy atom. The lowest BCUT2D eigenvalue weighted by Gasteiger charge is -2.11. The third-order valence-electron chi connectivity index (χ3n) is 4.17. The number of ether oxygens (including phenoxy) is 2. The number of fused-ring (bicyclic) bond motifs is 1. The number of methoxy groups -OCH3 is 1. The number of esters is 1. The summed E-state index contributed by atoms with van der Waals surface area (Å²) in [6.45, 7) is 3.35. The maximum atomic E-state index is 13.1. The second kappa shape index (κ2) is 9.69. The second-order valence-electron chi connectivity index (χ2n) is 6.43. The maximum Gasteiger partial charge on any atom is 0.308 e. The fourth-order valence-electron chi connectivity index (χ4n) is 2.88. The summed E-state index contributed by atoms with van der Waals surface area (Å²) in [5.41, 5.74) is 1.09. The van der Waals surface area contributed by atoms with Crippen LogP contribution in [0.2, 0.25) is 0 Å². The molecule has 0 spiro atoms. The summed E-state index contributed by atoms with van der Waals surface area (Å²) >= 11 is 5.46. The van der Waals surface area contributed by atoms with Gasteiger partial charge in [-0.25, -0.2) is 4.98 Å². The van der Waals surface area contributed by atoms with Gasteiger partial charge < -0.3 is 9.47 Å². The predicted molar refractivity (Wildman–Crippen MR) is 128 cm³/mol. The molecule has 0 bridgehead atoms. The summed E-state index contributed by atoms with van der Waals surface area (Å²) in [5.74, 6) is 0.910. The molecule has 2 aromatic carbocycles. The van der Waals surface area contributed by atoms with Crippen molar-refractivity contribution < 1.29 is 14.3 Å². The number of aryl methyl sites for hydroxylation is 1. The van der Waals surface area contributed by atoms with Crippen LogP contribution in [0.25, 0.3) is 10.9 Å². The van der Waals surface area contributed by atoms with Gasteiger partial charge in [0.05, 0.1) is 27.8 Å². The lowest BCUT2D eigenvalue weighted by molar-refractivity contribution is -0.132. The van der Waals surface area contributed by atoms with Crippen LogP contribution >= 0.6 is 38.5 Å². The molecule has 30 heavy (non-hydrogen) atoms. The van der Waals surface area contributed by atoms with Gasteiger partial charge in [-0.1, -0.05) is 22.9 Å². The highest BCUT2D eigenvalue weighted by atomic mass is 127. The van der Waals surface area contributed by atoms with Crippen molar-refractivity contribution in [2.75, 3.05) is 7.11 Å².